The molecule has 0 aliphatic rings. The summed E-state index contributed by atoms with van der Waals surface area (Å²) >= 11 is 0. The average molecular weight is 256 g/mol. The van der Waals surface area contributed by atoms with Gasteiger partial charge in [-0.05, 0) is 13.3 Å². The molecule has 1 aromatic heterocycles. The van der Waals surface area contributed by atoms with E-state index < -0.39 is 23.9 Å². The minimum atomic E-state index is -1.30. The number of aryl methyl sites for hydroxylation is 1. The normalized spacial score (nSPS) is 11.8. The van der Waals surface area contributed by atoms with E-state index in [9.17, 15) is 14.4 Å². The first-order valence-electron chi connectivity index (χ1n) is 5.09. The molecule has 0 aromatic carbocycles. The zero-order chi connectivity index (χ0) is 13.7. The summed E-state index contributed by atoms with van der Waals surface area (Å²) in [7, 11) is 0. The van der Waals surface area contributed by atoms with Gasteiger partial charge in [-0.1, -0.05) is 5.16 Å². The maximum absolute atomic E-state index is 11.6. The number of nitrogens with zero attached hydrogens (tertiary/aromatic N) is 1. The molecule has 0 radical (unpaired) electrons. The summed E-state index contributed by atoms with van der Waals surface area (Å²) in [6.45, 7) is 1.61. The number of hydrogen-bond acceptors (Lipinski definition) is 5. The fourth-order valence-corrected chi connectivity index (χ4v) is 1.23. The zero-order valence-corrected chi connectivity index (χ0v) is 9.54. The van der Waals surface area contributed by atoms with Crippen molar-refractivity contribution in [2.75, 3.05) is 0 Å². The second kappa shape index (κ2) is 5.80. The smallest absolute Gasteiger partial charge is 0.326 e. The van der Waals surface area contributed by atoms with E-state index in [4.69, 9.17) is 10.2 Å². The largest absolute Gasteiger partial charge is 0.481 e. The molecule has 1 atom stereocenters. The molecular weight excluding hydrogens is 244 g/mol. The van der Waals surface area contributed by atoms with Crippen LogP contribution in [0, 0.1) is 6.92 Å². The number of aromatic nitrogens is 1. The molecule has 0 spiro atoms. The van der Waals surface area contributed by atoms with E-state index in [2.05, 4.69) is 15.0 Å². The zero-order valence-electron chi connectivity index (χ0n) is 9.54. The Morgan fingerprint density at radius 1 is 1.44 bits per heavy atom. The molecule has 8 heteroatoms. The molecule has 3 N–H and O–H groups in total. The van der Waals surface area contributed by atoms with E-state index in [1.807, 2.05) is 0 Å². The van der Waals surface area contributed by atoms with E-state index in [1.165, 1.54) is 6.07 Å². The Labute approximate surface area is 102 Å². The second-order valence-corrected chi connectivity index (χ2v) is 3.63. The summed E-state index contributed by atoms with van der Waals surface area (Å²) in [6.07, 6.45) is -0.559. The van der Waals surface area contributed by atoms with Gasteiger partial charge >= 0.3 is 11.9 Å². The van der Waals surface area contributed by atoms with E-state index in [-0.39, 0.29) is 18.6 Å². The van der Waals surface area contributed by atoms with Crippen LogP contribution in [0.2, 0.25) is 0 Å². The molecule has 1 amide bonds. The monoisotopic (exact) mass is 256 g/mol. The van der Waals surface area contributed by atoms with Gasteiger partial charge in [-0.15, -0.1) is 0 Å². The van der Waals surface area contributed by atoms with Gasteiger partial charge in [0.25, 0.3) is 5.91 Å². The van der Waals surface area contributed by atoms with Crippen molar-refractivity contribution in [3.63, 3.8) is 0 Å². The summed E-state index contributed by atoms with van der Waals surface area (Å²) in [4.78, 5) is 32.7. The highest BCUT2D eigenvalue weighted by Crippen LogP contribution is 2.04. The Kier molecular flexibility index (Phi) is 4.41. The van der Waals surface area contributed by atoms with E-state index >= 15 is 0 Å². The number of carbonyl (C=O) groups is 3. The summed E-state index contributed by atoms with van der Waals surface area (Å²) in [5.41, 5.74) is 0.484. The van der Waals surface area contributed by atoms with Crippen molar-refractivity contribution in [2.45, 2.75) is 25.8 Å². The fourth-order valence-electron chi connectivity index (χ4n) is 1.23. The maximum Gasteiger partial charge on any atom is 0.326 e. The molecule has 0 aliphatic heterocycles. The third-order valence-electron chi connectivity index (χ3n) is 2.10. The molecule has 8 nitrogen and oxygen atoms in total. The number of carboxylic acids is 2. The Bertz CT molecular complexity index is 467. The Morgan fingerprint density at radius 3 is 2.56 bits per heavy atom. The van der Waals surface area contributed by atoms with Crippen LogP contribution in [-0.2, 0) is 9.59 Å². The number of aliphatic carboxylic acids is 2. The summed E-state index contributed by atoms with van der Waals surface area (Å²) < 4.78 is 4.66. The number of carboxylic acid groups (broad SMARTS) is 2. The molecule has 18 heavy (non-hydrogen) atoms. The third kappa shape index (κ3) is 3.89. The summed E-state index contributed by atoms with van der Waals surface area (Å²) in [5.74, 6) is -3.30. The highest BCUT2D eigenvalue weighted by Gasteiger charge is 2.23. The lowest BCUT2D eigenvalue weighted by Gasteiger charge is -2.11. The van der Waals surface area contributed by atoms with Gasteiger partial charge in [0.1, 0.15) is 6.04 Å². The van der Waals surface area contributed by atoms with Crippen LogP contribution in [0.25, 0.3) is 0 Å². The predicted octanol–water partition coefficient (Wildman–Crippen LogP) is 0.0308. The van der Waals surface area contributed by atoms with Gasteiger partial charge in [-0.3, -0.25) is 9.59 Å². The van der Waals surface area contributed by atoms with Crippen LogP contribution in [0.4, 0.5) is 0 Å². The van der Waals surface area contributed by atoms with Crippen LogP contribution in [0.1, 0.15) is 29.1 Å². The molecule has 0 fully saturated rings. The molecule has 98 valence electrons. The van der Waals surface area contributed by atoms with E-state index in [0.29, 0.717) is 5.69 Å². The van der Waals surface area contributed by atoms with Gasteiger partial charge in [-0.25, -0.2) is 4.79 Å². The molecule has 1 unspecified atom stereocenters. The van der Waals surface area contributed by atoms with Gasteiger partial charge in [-0.2, -0.15) is 0 Å². The third-order valence-corrected chi connectivity index (χ3v) is 2.10. The van der Waals surface area contributed by atoms with Crippen LogP contribution < -0.4 is 5.32 Å². The molecule has 1 rings (SSSR count). The Balaban J connectivity index is 2.63. The van der Waals surface area contributed by atoms with Crippen molar-refractivity contribution < 1.29 is 29.1 Å². The SMILES string of the molecule is Cc1cc(C(=O)NC(CCC(=O)O)C(=O)O)on1. The highest BCUT2D eigenvalue weighted by atomic mass is 16.5. The van der Waals surface area contributed by atoms with Gasteiger partial charge in [0, 0.05) is 12.5 Å². The molecule has 0 bridgehead atoms. The number of hydrogen-bond donors (Lipinski definition) is 3. The second-order valence-electron chi connectivity index (χ2n) is 3.63. The Morgan fingerprint density at radius 2 is 2.11 bits per heavy atom. The average Bonchev–Trinajstić information content (AvgIpc) is 2.70. The van der Waals surface area contributed by atoms with Gasteiger partial charge in [0.15, 0.2) is 0 Å². The number of nitrogens with one attached hydrogen (secondary N) is 1. The van der Waals surface area contributed by atoms with Gasteiger partial charge < -0.3 is 20.1 Å². The first kappa shape index (κ1) is 13.7. The lowest BCUT2D eigenvalue weighted by atomic mass is 10.1. The van der Waals surface area contributed by atoms with E-state index in [0.717, 1.165) is 0 Å². The van der Waals surface area contributed by atoms with Crippen LogP contribution in [-0.4, -0.2) is 39.3 Å². The molecule has 1 heterocycles. The van der Waals surface area contributed by atoms with Crippen LogP contribution >= 0.6 is 0 Å². The molecule has 0 aliphatic carbocycles. The first-order valence-corrected chi connectivity index (χ1v) is 5.09. The predicted molar refractivity (Wildman–Crippen MR) is 57.0 cm³/mol. The molecule has 0 saturated heterocycles. The van der Waals surface area contributed by atoms with E-state index in [1.54, 1.807) is 6.92 Å². The van der Waals surface area contributed by atoms with Gasteiger partial charge in [0.2, 0.25) is 5.76 Å². The van der Waals surface area contributed by atoms with Gasteiger partial charge in [0.05, 0.1) is 5.69 Å². The fraction of sp³-hybridized carbons (Fsp3) is 0.400. The standard InChI is InChI=1S/C10H12N2O6/c1-5-4-7(18-12-5)9(15)11-6(10(16)17)2-3-8(13)14/h4,6H,2-3H2,1H3,(H,11,15)(H,13,14)(H,16,17). The van der Waals surface area contributed by atoms with Crippen LogP contribution in [0.15, 0.2) is 10.6 Å². The maximum atomic E-state index is 11.6. The van der Waals surface area contributed by atoms with Crippen molar-refractivity contribution >= 4 is 17.8 Å². The molecule has 0 saturated carbocycles. The Hall–Kier alpha value is -2.38. The van der Waals surface area contributed by atoms with Crippen molar-refractivity contribution in [2.24, 2.45) is 0 Å². The van der Waals surface area contributed by atoms with Crippen molar-refractivity contribution in [3.8, 4) is 0 Å². The quantitative estimate of drug-likeness (QED) is 0.654. The summed E-state index contributed by atoms with van der Waals surface area (Å²) in [5, 5.41) is 23.0. The lowest BCUT2D eigenvalue weighted by molar-refractivity contribution is -0.140. The van der Waals surface area contributed by atoms with Crippen molar-refractivity contribution in [1.82, 2.24) is 10.5 Å². The minimum Gasteiger partial charge on any atom is -0.481 e. The van der Waals surface area contributed by atoms with Crippen molar-refractivity contribution in [3.05, 3.63) is 17.5 Å². The number of carbonyl (C=O) groups excluding carboxylic acids is 1. The molecular formula is C10H12N2O6. The highest BCUT2D eigenvalue weighted by molar-refractivity contribution is 5.94. The lowest BCUT2D eigenvalue weighted by Crippen LogP contribution is -2.41. The van der Waals surface area contributed by atoms with Crippen molar-refractivity contribution in [1.29, 1.82) is 0 Å². The minimum absolute atomic E-state index is 0.117. The number of amides is 1. The topological polar surface area (TPSA) is 130 Å². The molecule has 1 aromatic rings. The summed E-state index contributed by atoms with van der Waals surface area (Å²) in [6, 6.07) is 0.0739. The first-order chi connectivity index (χ1) is 8.40. The number of rotatable bonds is 6. The van der Waals surface area contributed by atoms with Crippen LogP contribution in [0.5, 0.6) is 0 Å². The van der Waals surface area contributed by atoms with Crippen LogP contribution in [0.3, 0.4) is 0 Å².